The van der Waals surface area contributed by atoms with Crippen LogP contribution in [0, 0.1) is 12.8 Å². The summed E-state index contributed by atoms with van der Waals surface area (Å²) in [5.74, 6) is -1.37. The lowest BCUT2D eigenvalue weighted by Gasteiger charge is -2.45. The fourth-order valence-electron chi connectivity index (χ4n) is 6.68. The van der Waals surface area contributed by atoms with Crippen LogP contribution >= 0.6 is 0 Å². The van der Waals surface area contributed by atoms with Gasteiger partial charge < -0.3 is 14.4 Å². The summed E-state index contributed by atoms with van der Waals surface area (Å²) in [6.45, 7) is 5.80. The molecular weight excluding hydrogens is 588 g/mol. The van der Waals surface area contributed by atoms with E-state index in [1.54, 1.807) is 6.92 Å². The van der Waals surface area contributed by atoms with Gasteiger partial charge in [0.25, 0.3) is 0 Å². The number of rotatable bonds is 7. The number of amidine groups is 1. The molecule has 0 amide bonds. The highest BCUT2D eigenvalue weighted by Gasteiger charge is 2.69. The van der Waals surface area contributed by atoms with Crippen LogP contribution in [0.1, 0.15) is 31.4 Å². The number of anilines is 3. The molecule has 8 heteroatoms. The maximum absolute atomic E-state index is 14.6. The van der Waals surface area contributed by atoms with E-state index < -0.39 is 23.5 Å². The molecule has 8 nitrogen and oxygen atoms in total. The topological polar surface area (TPSA) is 74.7 Å². The summed E-state index contributed by atoms with van der Waals surface area (Å²) >= 11 is 0. The van der Waals surface area contributed by atoms with Crippen molar-refractivity contribution in [1.29, 1.82) is 0 Å². The van der Waals surface area contributed by atoms with Crippen LogP contribution in [0.4, 0.5) is 17.1 Å². The number of methoxy groups -OCH3 is 2. The molecule has 2 aliphatic rings. The van der Waals surface area contributed by atoms with Gasteiger partial charge in [0.05, 0.1) is 31.2 Å². The molecule has 0 aromatic heterocycles. The number of carbonyl (C=O) groups is 2. The highest BCUT2D eigenvalue weighted by molar-refractivity contribution is 6.16. The zero-order chi connectivity index (χ0) is 33.1. The van der Waals surface area contributed by atoms with E-state index in [1.807, 2.05) is 145 Å². The number of hydrazone groups is 1. The average Bonchev–Trinajstić information content (AvgIpc) is 3.61. The van der Waals surface area contributed by atoms with Gasteiger partial charge in [-0.2, -0.15) is 5.10 Å². The van der Waals surface area contributed by atoms with Crippen molar-refractivity contribution in [3.8, 4) is 0 Å². The Labute approximate surface area is 275 Å². The SMILES string of the molecule is CC/C=C1\[C@@H](C(=O)OC)[C@]2(/C(=C(/C)C(=O)OC)N1c1ccc(C)cc1)N(c1ccccc1)N=C(c1ccccc1)N2c1ccccc1. The van der Waals surface area contributed by atoms with Crippen molar-refractivity contribution >= 4 is 34.8 Å². The molecule has 2 heterocycles. The van der Waals surface area contributed by atoms with Crippen LogP contribution in [-0.4, -0.2) is 37.7 Å². The van der Waals surface area contributed by atoms with Gasteiger partial charge in [-0.25, -0.2) is 9.80 Å². The second kappa shape index (κ2) is 13.0. The predicted molar refractivity (Wildman–Crippen MR) is 186 cm³/mol. The Morgan fingerprint density at radius 2 is 1.36 bits per heavy atom. The van der Waals surface area contributed by atoms with E-state index in [2.05, 4.69) is 4.90 Å². The number of para-hydroxylation sites is 2. The lowest BCUT2D eigenvalue weighted by molar-refractivity contribution is -0.145. The molecule has 0 bridgehead atoms. The third kappa shape index (κ3) is 5.16. The average molecular weight is 627 g/mol. The van der Waals surface area contributed by atoms with E-state index in [-0.39, 0.29) is 0 Å². The number of aryl methyl sites for hydroxylation is 1. The first-order valence-electron chi connectivity index (χ1n) is 15.7. The Balaban J connectivity index is 1.84. The molecule has 2 aliphatic heterocycles. The summed E-state index contributed by atoms with van der Waals surface area (Å²) in [5.41, 5.74) is 4.27. The summed E-state index contributed by atoms with van der Waals surface area (Å²) in [7, 11) is 2.77. The van der Waals surface area contributed by atoms with E-state index in [1.165, 1.54) is 14.2 Å². The second-order valence-corrected chi connectivity index (χ2v) is 11.5. The fraction of sp³-hybridized carbons (Fsp3) is 0.205. The normalized spacial score (nSPS) is 20.9. The lowest BCUT2D eigenvalue weighted by atomic mass is 9.85. The highest BCUT2D eigenvalue weighted by atomic mass is 16.5. The predicted octanol–water partition coefficient (Wildman–Crippen LogP) is 7.43. The summed E-state index contributed by atoms with van der Waals surface area (Å²) in [4.78, 5) is 32.5. The molecule has 1 saturated heterocycles. The minimum absolute atomic E-state index is 0.327. The number of hydrogen-bond donors (Lipinski definition) is 0. The summed E-state index contributed by atoms with van der Waals surface area (Å²) in [6.07, 6.45) is 2.66. The summed E-state index contributed by atoms with van der Waals surface area (Å²) in [6, 6.07) is 37.5. The van der Waals surface area contributed by atoms with Crippen LogP contribution in [0.3, 0.4) is 0 Å². The molecule has 6 rings (SSSR count). The van der Waals surface area contributed by atoms with Crippen LogP contribution in [-0.2, 0) is 19.1 Å². The van der Waals surface area contributed by atoms with E-state index in [0.29, 0.717) is 29.2 Å². The molecule has 0 aliphatic carbocycles. The third-order valence-electron chi connectivity index (χ3n) is 8.64. The first kappa shape index (κ1) is 31.4. The van der Waals surface area contributed by atoms with Gasteiger partial charge in [0, 0.05) is 22.6 Å². The first-order valence-corrected chi connectivity index (χ1v) is 15.7. The highest BCUT2D eigenvalue weighted by Crippen LogP contribution is 2.58. The van der Waals surface area contributed by atoms with Crippen molar-refractivity contribution in [3.05, 3.63) is 149 Å². The zero-order valence-electron chi connectivity index (χ0n) is 27.3. The molecule has 0 saturated carbocycles. The Morgan fingerprint density at radius 3 is 1.91 bits per heavy atom. The number of allylic oxidation sites excluding steroid dienone is 1. The molecule has 1 fully saturated rings. The van der Waals surface area contributed by atoms with Crippen LogP contribution in [0.15, 0.2) is 143 Å². The zero-order valence-corrected chi connectivity index (χ0v) is 27.3. The van der Waals surface area contributed by atoms with Crippen molar-refractivity contribution in [2.24, 2.45) is 11.0 Å². The fourth-order valence-corrected chi connectivity index (χ4v) is 6.68. The maximum atomic E-state index is 14.6. The van der Waals surface area contributed by atoms with Crippen LogP contribution in [0.2, 0.25) is 0 Å². The Bertz CT molecular complexity index is 1850. The molecule has 4 aromatic rings. The van der Waals surface area contributed by atoms with E-state index in [0.717, 1.165) is 28.2 Å². The molecule has 1 spiro atoms. The first-order chi connectivity index (χ1) is 22.9. The van der Waals surface area contributed by atoms with Gasteiger partial charge in [0.2, 0.25) is 5.66 Å². The number of nitrogens with zero attached hydrogens (tertiary/aromatic N) is 4. The summed E-state index contributed by atoms with van der Waals surface area (Å²) in [5, 5.41) is 7.25. The Kier molecular flexibility index (Phi) is 8.68. The van der Waals surface area contributed by atoms with Gasteiger partial charge in [-0.05, 0) is 56.7 Å². The molecule has 0 unspecified atom stereocenters. The van der Waals surface area contributed by atoms with Crippen LogP contribution in [0.25, 0.3) is 0 Å². The number of ether oxygens (including phenoxy) is 2. The Morgan fingerprint density at radius 1 is 0.787 bits per heavy atom. The molecule has 47 heavy (non-hydrogen) atoms. The van der Waals surface area contributed by atoms with Crippen molar-refractivity contribution < 1.29 is 19.1 Å². The van der Waals surface area contributed by atoms with Gasteiger partial charge >= 0.3 is 11.9 Å². The number of hydrogen-bond acceptors (Lipinski definition) is 8. The molecule has 2 atom stereocenters. The smallest absolute Gasteiger partial charge is 0.335 e. The third-order valence-corrected chi connectivity index (χ3v) is 8.64. The van der Waals surface area contributed by atoms with Gasteiger partial charge in [0.1, 0.15) is 5.92 Å². The second-order valence-electron chi connectivity index (χ2n) is 11.5. The van der Waals surface area contributed by atoms with Crippen molar-refractivity contribution in [2.75, 3.05) is 29.0 Å². The maximum Gasteiger partial charge on any atom is 0.335 e. The minimum Gasteiger partial charge on any atom is -0.468 e. The molecule has 0 radical (unpaired) electrons. The van der Waals surface area contributed by atoms with Crippen LogP contribution in [0.5, 0.6) is 0 Å². The van der Waals surface area contributed by atoms with E-state index in [4.69, 9.17) is 14.6 Å². The lowest BCUT2D eigenvalue weighted by Crippen LogP contribution is -2.63. The van der Waals surface area contributed by atoms with E-state index in [9.17, 15) is 9.59 Å². The molecule has 238 valence electrons. The largest absolute Gasteiger partial charge is 0.468 e. The molecule has 0 N–H and O–H groups in total. The van der Waals surface area contributed by atoms with Gasteiger partial charge in [0.15, 0.2) is 5.84 Å². The van der Waals surface area contributed by atoms with Crippen molar-refractivity contribution in [1.82, 2.24) is 0 Å². The van der Waals surface area contributed by atoms with Gasteiger partial charge in [-0.15, -0.1) is 0 Å². The Hall–Kier alpha value is -5.63. The minimum atomic E-state index is -1.47. The van der Waals surface area contributed by atoms with Crippen molar-refractivity contribution in [3.63, 3.8) is 0 Å². The van der Waals surface area contributed by atoms with Crippen molar-refractivity contribution in [2.45, 2.75) is 32.9 Å². The quantitative estimate of drug-likeness (QED) is 0.156. The monoisotopic (exact) mass is 626 g/mol. The number of carbonyl (C=O) groups excluding carboxylic acids is 2. The standard InChI is InChI=1S/C39H38N4O4/c1-6-16-33-34(38(45)47-5)39(35(28(3)37(44)46-4)41(33)30-25-23-27(2)24-26-30)42(31-19-12-8-13-20-31)36(29-17-10-7-11-18-29)40-43(39)32-21-14-9-15-22-32/h7-26,34H,6H2,1-5H3/b33-16+,35-28+/t34-,39+/m0/s1. The number of benzene rings is 4. The summed E-state index contributed by atoms with van der Waals surface area (Å²) < 4.78 is 11.1. The van der Waals surface area contributed by atoms with Gasteiger partial charge in [-0.3, -0.25) is 9.69 Å². The van der Waals surface area contributed by atoms with E-state index >= 15 is 0 Å². The molecule has 4 aromatic carbocycles. The number of esters is 2. The van der Waals surface area contributed by atoms with Crippen LogP contribution < -0.4 is 14.8 Å². The van der Waals surface area contributed by atoms with Gasteiger partial charge in [-0.1, -0.05) is 97.4 Å². The molecular formula is C39H38N4O4.